The third-order valence-corrected chi connectivity index (χ3v) is 5.22. The molecule has 140 valence electrons. The molecule has 1 heterocycles. The van der Waals surface area contributed by atoms with Crippen LogP contribution in [0.3, 0.4) is 0 Å². The van der Waals surface area contributed by atoms with Crippen molar-refractivity contribution in [2.24, 2.45) is 0 Å². The van der Waals surface area contributed by atoms with Crippen LogP contribution in [-0.4, -0.2) is 24.1 Å². The number of anilines is 2. The van der Waals surface area contributed by atoms with Crippen LogP contribution in [0.2, 0.25) is 0 Å². The molecule has 0 spiro atoms. The summed E-state index contributed by atoms with van der Waals surface area (Å²) in [7, 11) is -4.09. The number of hydrogen-bond acceptors (Lipinski definition) is 4. The lowest BCUT2D eigenvalue weighted by molar-refractivity contribution is -0.119. The minimum absolute atomic E-state index is 0.197. The number of carbonyl (C=O) groups excluding carboxylic acids is 1. The Morgan fingerprint density at radius 2 is 1.85 bits per heavy atom. The highest BCUT2D eigenvalue weighted by molar-refractivity contribution is 7.92. The second-order valence-electron chi connectivity index (χ2n) is 5.77. The summed E-state index contributed by atoms with van der Waals surface area (Å²) in [5.41, 5.74) is 0.593. The number of nitrogens with zero attached hydrogens (tertiary/aromatic N) is 2. The zero-order chi connectivity index (χ0) is 19.4. The summed E-state index contributed by atoms with van der Waals surface area (Å²) in [6.07, 6.45) is 3.24. The van der Waals surface area contributed by atoms with Gasteiger partial charge >= 0.3 is 0 Å². The van der Waals surface area contributed by atoms with Gasteiger partial charge in [-0.3, -0.25) is 14.2 Å². The van der Waals surface area contributed by atoms with Crippen molar-refractivity contribution in [1.82, 2.24) is 9.78 Å². The molecule has 0 fully saturated rings. The third-order valence-electron chi connectivity index (χ3n) is 3.81. The van der Waals surface area contributed by atoms with Crippen LogP contribution in [0.5, 0.6) is 0 Å². The lowest BCUT2D eigenvalue weighted by atomic mass is 10.2. The second kappa shape index (κ2) is 7.58. The molecule has 9 heteroatoms. The number of benzene rings is 2. The van der Waals surface area contributed by atoms with Crippen molar-refractivity contribution in [3.63, 3.8) is 0 Å². The van der Waals surface area contributed by atoms with E-state index in [1.165, 1.54) is 35.0 Å². The fourth-order valence-electron chi connectivity index (χ4n) is 2.41. The molecule has 1 atom stereocenters. The summed E-state index contributed by atoms with van der Waals surface area (Å²) < 4.78 is 42.3. The monoisotopic (exact) mass is 388 g/mol. The molecule has 2 aromatic carbocycles. The van der Waals surface area contributed by atoms with Gasteiger partial charge in [0.15, 0.2) is 0 Å². The summed E-state index contributed by atoms with van der Waals surface area (Å²) in [6.45, 7) is 1.69. The summed E-state index contributed by atoms with van der Waals surface area (Å²) in [5.74, 6) is -1.16. The molecule has 0 radical (unpaired) electrons. The van der Waals surface area contributed by atoms with Gasteiger partial charge in [-0.05, 0) is 43.3 Å². The number of halogens is 1. The third kappa shape index (κ3) is 4.32. The van der Waals surface area contributed by atoms with Gasteiger partial charge in [-0.15, -0.1) is 0 Å². The molecule has 3 aromatic rings. The normalized spacial score (nSPS) is 12.4. The van der Waals surface area contributed by atoms with Gasteiger partial charge in [0.2, 0.25) is 5.91 Å². The Balaban J connectivity index is 1.76. The molecule has 0 aliphatic rings. The fourth-order valence-corrected chi connectivity index (χ4v) is 3.54. The quantitative estimate of drug-likeness (QED) is 0.679. The number of hydrogen-bond donors (Lipinski definition) is 2. The van der Waals surface area contributed by atoms with Gasteiger partial charge < -0.3 is 5.32 Å². The first-order valence-corrected chi connectivity index (χ1v) is 9.52. The molecule has 0 aliphatic carbocycles. The van der Waals surface area contributed by atoms with Gasteiger partial charge in [0.1, 0.15) is 16.8 Å². The Bertz CT molecular complexity index is 1050. The molecule has 0 saturated carbocycles. The van der Waals surface area contributed by atoms with Gasteiger partial charge in [-0.25, -0.2) is 12.8 Å². The van der Waals surface area contributed by atoms with E-state index >= 15 is 0 Å². The first kappa shape index (κ1) is 18.6. The Kier molecular flexibility index (Phi) is 5.22. The van der Waals surface area contributed by atoms with Gasteiger partial charge in [0.05, 0.1) is 5.69 Å². The van der Waals surface area contributed by atoms with Crippen LogP contribution < -0.4 is 10.0 Å². The Morgan fingerprint density at radius 1 is 1.11 bits per heavy atom. The number of sulfonamides is 1. The predicted molar refractivity (Wildman–Crippen MR) is 99.2 cm³/mol. The topological polar surface area (TPSA) is 93.1 Å². The summed E-state index contributed by atoms with van der Waals surface area (Å²) in [5, 5.41) is 6.71. The summed E-state index contributed by atoms with van der Waals surface area (Å²) in [4.78, 5) is 11.9. The van der Waals surface area contributed by atoms with Gasteiger partial charge in [-0.1, -0.05) is 18.2 Å². The Labute approximate surface area is 155 Å². The molecule has 0 bridgehead atoms. The lowest BCUT2D eigenvalue weighted by Gasteiger charge is -2.14. The molecule has 7 nitrogen and oxygen atoms in total. The van der Waals surface area contributed by atoms with E-state index in [0.29, 0.717) is 5.69 Å². The first-order valence-electron chi connectivity index (χ1n) is 8.04. The lowest BCUT2D eigenvalue weighted by Crippen LogP contribution is -2.24. The first-order chi connectivity index (χ1) is 12.9. The van der Waals surface area contributed by atoms with Crippen LogP contribution in [0.1, 0.15) is 13.0 Å². The minimum Gasteiger partial charge on any atom is -0.324 e. The van der Waals surface area contributed by atoms with E-state index < -0.39 is 26.8 Å². The number of rotatable bonds is 6. The predicted octanol–water partition coefficient (Wildman–Crippen LogP) is 3.02. The molecule has 2 N–H and O–H groups in total. The standard InChI is InChI=1S/C18H17FN4O3S/c1-13(23-11-5-10-20-23)18(24)21-14-6-4-7-15(12-14)22-27(25,26)17-9-3-2-8-16(17)19/h2-13,22H,1H3,(H,21,24)/t13-/m0/s1. The molecule has 1 aromatic heterocycles. The summed E-state index contributed by atoms with van der Waals surface area (Å²) in [6, 6.07) is 12.4. The second-order valence-corrected chi connectivity index (χ2v) is 7.42. The van der Waals surface area contributed by atoms with Crippen molar-refractivity contribution in [3.05, 3.63) is 72.8 Å². The van der Waals surface area contributed by atoms with E-state index in [2.05, 4.69) is 15.1 Å². The van der Waals surface area contributed by atoms with E-state index in [1.54, 1.807) is 37.5 Å². The molecule has 27 heavy (non-hydrogen) atoms. The van der Waals surface area contributed by atoms with Crippen LogP contribution >= 0.6 is 0 Å². The van der Waals surface area contributed by atoms with Crippen molar-refractivity contribution < 1.29 is 17.6 Å². The number of amides is 1. The highest BCUT2D eigenvalue weighted by atomic mass is 32.2. The Morgan fingerprint density at radius 3 is 2.56 bits per heavy atom. The largest absolute Gasteiger partial charge is 0.324 e. The van der Waals surface area contributed by atoms with Crippen molar-refractivity contribution in [3.8, 4) is 0 Å². The SMILES string of the molecule is C[C@@H](C(=O)Nc1cccc(NS(=O)(=O)c2ccccc2F)c1)n1cccn1. The van der Waals surface area contributed by atoms with Crippen molar-refractivity contribution in [2.45, 2.75) is 17.9 Å². The molecule has 1 amide bonds. The Hall–Kier alpha value is -3.20. The van der Waals surface area contributed by atoms with E-state index in [4.69, 9.17) is 0 Å². The smallest absolute Gasteiger partial charge is 0.264 e. The molecule has 0 aliphatic heterocycles. The van der Waals surface area contributed by atoms with Gasteiger partial charge in [0, 0.05) is 18.1 Å². The van der Waals surface area contributed by atoms with E-state index in [-0.39, 0.29) is 11.6 Å². The number of aromatic nitrogens is 2. The maximum atomic E-state index is 13.8. The fraction of sp³-hybridized carbons (Fsp3) is 0.111. The maximum absolute atomic E-state index is 13.8. The average Bonchev–Trinajstić information content (AvgIpc) is 3.15. The van der Waals surface area contributed by atoms with Gasteiger partial charge in [-0.2, -0.15) is 5.10 Å². The molecular weight excluding hydrogens is 371 g/mol. The number of nitrogens with one attached hydrogen (secondary N) is 2. The summed E-state index contributed by atoms with van der Waals surface area (Å²) >= 11 is 0. The van der Waals surface area contributed by atoms with Gasteiger partial charge in [0.25, 0.3) is 10.0 Å². The minimum atomic E-state index is -4.09. The molecule has 0 unspecified atom stereocenters. The average molecular weight is 388 g/mol. The van der Waals surface area contributed by atoms with E-state index in [9.17, 15) is 17.6 Å². The zero-order valence-corrected chi connectivity index (χ0v) is 15.2. The van der Waals surface area contributed by atoms with Crippen molar-refractivity contribution in [2.75, 3.05) is 10.0 Å². The zero-order valence-electron chi connectivity index (χ0n) is 14.3. The molecule has 3 rings (SSSR count). The maximum Gasteiger partial charge on any atom is 0.264 e. The van der Waals surface area contributed by atoms with Crippen LogP contribution in [-0.2, 0) is 14.8 Å². The number of carbonyl (C=O) groups is 1. The highest BCUT2D eigenvalue weighted by Gasteiger charge is 2.19. The van der Waals surface area contributed by atoms with E-state index in [0.717, 1.165) is 6.07 Å². The van der Waals surface area contributed by atoms with Crippen molar-refractivity contribution in [1.29, 1.82) is 0 Å². The van der Waals surface area contributed by atoms with Crippen LogP contribution in [0.25, 0.3) is 0 Å². The van der Waals surface area contributed by atoms with Crippen molar-refractivity contribution >= 4 is 27.3 Å². The molecular formula is C18H17FN4O3S. The molecule has 0 saturated heterocycles. The highest BCUT2D eigenvalue weighted by Crippen LogP contribution is 2.21. The van der Waals surface area contributed by atoms with E-state index in [1.807, 2.05) is 0 Å². The van der Waals surface area contributed by atoms with Crippen LogP contribution in [0.15, 0.2) is 71.9 Å². The van der Waals surface area contributed by atoms with Crippen LogP contribution in [0.4, 0.5) is 15.8 Å². The van der Waals surface area contributed by atoms with Crippen LogP contribution in [0, 0.1) is 5.82 Å².